The highest BCUT2D eigenvalue weighted by Gasteiger charge is 2.35. The number of halogens is 3. The summed E-state index contributed by atoms with van der Waals surface area (Å²) in [6.45, 7) is 0.308. The highest BCUT2D eigenvalue weighted by molar-refractivity contribution is 5.84. The first-order valence-corrected chi connectivity index (χ1v) is 8.82. The minimum atomic E-state index is -4.44. The molecule has 3 aromatic rings. The number of carbonyl (C=O) groups is 1. The molecular formula is C21H15F3N4O. The lowest BCUT2D eigenvalue weighted by molar-refractivity contribution is -0.137. The van der Waals surface area contributed by atoms with Crippen LogP contribution in [0.1, 0.15) is 34.0 Å². The second kappa shape index (κ2) is 7.09. The molecule has 0 radical (unpaired) electrons. The first-order valence-electron chi connectivity index (χ1n) is 8.82. The smallest absolute Gasteiger partial charge is 0.330 e. The Morgan fingerprint density at radius 3 is 2.62 bits per heavy atom. The minimum absolute atomic E-state index is 0.0563. The van der Waals surface area contributed by atoms with Crippen molar-refractivity contribution < 1.29 is 18.0 Å². The van der Waals surface area contributed by atoms with Gasteiger partial charge in [0.05, 0.1) is 35.8 Å². The molecule has 0 fully saturated rings. The summed E-state index contributed by atoms with van der Waals surface area (Å²) in [4.78, 5) is 18.9. The average Bonchev–Trinajstić information content (AvgIpc) is 3.16. The Kier molecular flexibility index (Phi) is 4.59. The summed E-state index contributed by atoms with van der Waals surface area (Å²) in [6.07, 6.45) is -1.23. The fourth-order valence-corrected chi connectivity index (χ4v) is 3.50. The number of nitriles is 1. The molecule has 29 heavy (non-hydrogen) atoms. The number of hydrogen-bond acceptors (Lipinski definition) is 3. The van der Waals surface area contributed by atoms with E-state index < -0.39 is 17.8 Å². The van der Waals surface area contributed by atoms with E-state index in [2.05, 4.69) is 4.98 Å². The summed E-state index contributed by atoms with van der Waals surface area (Å²) < 4.78 is 40.8. The fraction of sp³-hybridized carbons (Fsp3) is 0.190. The Hall–Kier alpha value is -3.60. The van der Waals surface area contributed by atoms with E-state index in [1.54, 1.807) is 47.4 Å². The Bertz CT molecular complexity index is 1100. The van der Waals surface area contributed by atoms with E-state index in [1.807, 2.05) is 6.07 Å². The van der Waals surface area contributed by atoms with Crippen LogP contribution in [0.5, 0.6) is 0 Å². The largest absolute Gasteiger partial charge is 0.416 e. The van der Waals surface area contributed by atoms with Crippen molar-refractivity contribution in [3.8, 4) is 6.07 Å². The molecule has 1 aromatic heterocycles. The van der Waals surface area contributed by atoms with E-state index in [0.29, 0.717) is 16.7 Å². The van der Waals surface area contributed by atoms with Gasteiger partial charge >= 0.3 is 6.18 Å². The summed E-state index contributed by atoms with van der Waals surface area (Å²) in [5.41, 5.74) is 1.60. The number of benzene rings is 2. The monoisotopic (exact) mass is 396 g/mol. The third-order valence-electron chi connectivity index (χ3n) is 4.91. The Labute approximate surface area is 164 Å². The van der Waals surface area contributed by atoms with E-state index in [-0.39, 0.29) is 19.0 Å². The van der Waals surface area contributed by atoms with Gasteiger partial charge in [-0.25, -0.2) is 4.98 Å². The van der Waals surface area contributed by atoms with Crippen LogP contribution >= 0.6 is 0 Å². The fourth-order valence-electron chi connectivity index (χ4n) is 3.50. The Balaban J connectivity index is 1.66. The van der Waals surface area contributed by atoms with Crippen LogP contribution in [0.2, 0.25) is 0 Å². The zero-order valence-corrected chi connectivity index (χ0v) is 15.1. The van der Waals surface area contributed by atoms with Crippen molar-refractivity contribution in [2.24, 2.45) is 0 Å². The van der Waals surface area contributed by atoms with Gasteiger partial charge in [0.15, 0.2) is 0 Å². The van der Waals surface area contributed by atoms with E-state index in [0.717, 1.165) is 17.8 Å². The molecule has 2 heterocycles. The van der Waals surface area contributed by atoms with Gasteiger partial charge in [-0.15, -0.1) is 0 Å². The van der Waals surface area contributed by atoms with E-state index in [4.69, 9.17) is 5.26 Å². The molecule has 1 unspecified atom stereocenters. The molecule has 0 saturated heterocycles. The lowest BCUT2D eigenvalue weighted by Gasteiger charge is -2.34. The van der Waals surface area contributed by atoms with Gasteiger partial charge in [-0.1, -0.05) is 24.3 Å². The Morgan fingerprint density at radius 2 is 1.93 bits per heavy atom. The SMILES string of the molecule is N#Cc1ccc(C2C(=O)N(Cc3cccc(C(F)(F)F)c3)Cc3cncn32)cc1. The molecule has 146 valence electrons. The molecule has 8 heteroatoms. The molecule has 2 aromatic carbocycles. The minimum Gasteiger partial charge on any atom is -0.330 e. The average molecular weight is 396 g/mol. The topological polar surface area (TPSA) is 61.9 Å². The van der Waals surface area contributed by atoms with Gasteiger partial charge in [-0.2, -0.15) is 18.4 Å². The van der Waals surface area contributed by atoms with Crippen LogP contribution < -0.4 is 0 Å². The van der Waals surface area contributed by atoms with Crippen LogP contribution in [0.15, 0.2) is 61.1 Å². The van der Waals surface area contributed by atoms with E-state index in [9.17, 15) is 18.0 Å². The normalized spacial score (nSPS) is 16.4. The van der Waals surface area contributed by atoms with Crippen molar-refractivity contribution in [3.63, 3.8) is 0 Å². The van der Waals surface area contributed by atoms with E-state index >= 15 is 0 Å². The lowest BCUT2D eigenvalue weighted by Crippen LogP contribution is -2.42. The number of carbonyl (C=O) groups excluding carboxylic acids is 1. The third-order valence-corrected chi connectivity index (χ3v) is 4.91. The molecular weight excluding hydrogens is 381 g/mol. The lowest BCUT2D eigenvalue weighted by atomic mass is 10.0. The molecule has 0 bridgehead atoms. The Morgan fingerprint density at radius 1 is 1.17 bits per heavy atom. The molecule has 0 aliphatic carbocycles. The second-order valence-corrected chi connectivity index (χ2v) is 6.82. The van der Waals surface area contributed by atoms with Crippen LogP contribution in [-0.4, -0.2) is 20.4 Å². The van der Waals surface area contributed by atoms with Gasteiger partial charge in [0.1, 0.15) is 6.04 Å². The number of rotatable bonds is 3. The van der Waals surface area contributed by atoms with Crippen LogP contribution in [0.3, 0.4) is 0 Å². The van der Waals surface area contributed by atoms with Gasteiger partial charge in [-0.05, 0) is 35.4 Å². The standard InChI is InChI=1S/C21H15F3N4O/c22-21(23,24)17-3-1-2-15(8-17)11-27-12-18-10-26-13-28(18)19(20(27)29)16-6-4-14(9-25)5-7-16/h1-8,10,13,19H,11-12H2. The number of imidazole rings is 1. The van der Waals surface area contributed by atoms with Gasteiger partial charge in [0.25, 0.3) is 5.91 Å². The molecule has 1 atom stereocenters. The molecule has 1 aliphatic rings. The predicted molar refractivity (Wildman–Crippen MR) is 97.2 cm³/mol. The maximum atomic E-state index is 13.2. The van der Waals surface area contributed by atoms with Crippen molar-refractivity contribution in [2.75, 3.05) is 0 Å². The molecule has 0 spiro atoms. The van der Waals surface area contributed by atoms with E-state index in [1.165, 1.54) is 11.0 Å². The van der Waals surface area contributed by atoms with Gasteiger partial charge in [0.2, 0.25) is 0 Å². The number of hydrogen-bond donors (Lipinski definition) is 0. The predicted octanol–water partition coefficient (Wildman–Crippen LogP) is 3.91. The molecule has 0 saturated carbocycles. The first-order chi connectivity index (χ1) is 13.9. The zero-order chi connectivity index (χ0) is 20.6. The van der Waals surface area contributed by atoms with Crippen molar-refractivity contribution in [1.29, 1.82) is 5.26 Å². The number of nitrogens with zero attached hydrogens (tertiary/aromatic N) is 4. The van der Waals surface area contributed by atoms with Crippen LogP contribution in [0.25, 0.3) is 0 Å². The zero-order valence-electron chi connectivity index (χ0n) is 15.1. The number of fused-ring (bicyclic) bond motifs is 1. The molecule has 1 aliphatic heterocycles. The van der Waals surface area contributed by atoms with Gasteiger partial charge in [-0.3, -0.25) is 4.79 Å². The van der Waals surface area contributed by atoms with Crippen molar-refractivity contribution in [1.82, 2.24) is 14.5 Å². The first kappa shape index (κ1) is 18.7. The molecule has 0 N–H and O–H groups in total. The number of aromatic nitrogens is 2. The third kappa shape index (κ3) is 3.59. The number of alkyl halides is 3. The highest BCUT2D eigenvalue weighted by Crippen LogP contribution is 2.32. The van der Waals surface area contributed by atoms with Crippen LogP contribution in [0.4, 0.5) is 13.2 Å². The summed E-state index contributed by atoms with van der Waals surface area (Å²) in [5.74, 6) is -0.238. The van der Waals surface area contributed by atoms with Gasteiger partial charge in [0, 0.05) is 12.7 Å². The maximum Gasteiger partial charge on any atom is 0.416 e. The highest BCUT2D eigenvalue weighted by atomic mass is 19.4. The summed E-state index contributed by atoms with van der Waals surface area (Å²) >= 11 is 0. The number of amides is 1. The van der Waals surface area contributed by atoms with Gasteiger partial charge < -0.3 is 9.47 Å². The van der Waals surface area contributed by atoms with Crippen LogP contribution in [-0.2, 0) is 24.1 Å². The van der Waals surface area contributed by atoms with Crippen LogP contribution in [0, 0.1) is 11.3 Å². The molecule has 5 nitrogen and oxygen atoms in total. The van der Waals surface area contributed by atoms with Crippen molar-refractivity contribution in [2.45, 2.75) is 25.3 Å². The summed E-state index contributed by atoms with van der Waals surface area (Å²) in [6, 6.07) is 13.0. The van der Waals surface area contributed by atoms with Crippen molar-refractivity contribution >= 4 is 5.91 Å². The summed E-state index contributed by atoms with van der Waals surface area (Å²) in [5, 5.41) is 8.98. The van der Waals surface area contributed by atoms with Crippen molar-refractivity contribution in [3.05, 3.63) is 89.0 Å². The molecule has 4 rings (SSSR count). The molecule has 1 amide bonds. The second-order valence-electron chi connectivity index (χ2n) is 6.82. The maximum absolute atomic E-state index is 13.2. The quantitative estimate of drug-likeness (QED) is 0.675. The summed E-state index contributed by atoms with van der Waals surface area (Å²) in [7, 11) is 0.